The van der Waals surface area contributed by atoms with Crippen molar-refractivity contribution in [1.82, 2.24) is 14.8 Å². The molecule has 2 heterocycles. The van der Waals surface area contributed by atoms with Gasteiger partial charge in [0, 0.05) is 15.6 Å². The van der Waals surface area contributed by atoms with Crippen molar-refractivity contribution in [2.45, 2.75) is 18.4 Å². The van der Waals surface area contributed by atoms with Gasteiger partial charge in [0.25, 0.3) is 0 Å². The van der Waals surface area contributed by atoms with E-state index in [-0.39, 0.29) is 6.29 Å². The maximum atomic E-state index is 6.35. The zero-order chi connectivity index (χ0) is 14.9. The molecule has 0 unspecified atom stereocenters. The molecule has 21 heavy (non-hydrogen) atoms. The van der Waals surface area contributed by atoms with Crippen LogP contribution in [0.2, 0.25) is 10.0 Å². The highest BCUT2D eigenvalue weighted by Crippen LogP contribution is 2.40. The van der Waals surface area contributed by atoms with Crippen LogP contribution in [0.5, 0.6) is 0 Å². The molecule has 8 heteroatoms. The molecule has 0 aliphatic carbocycles. The Morgan fingerprint density at radius 2 is 2.29 bits per heavy atom. The maximum Gasteiger partial charge on any atom is 0.168 e. The van der Waals surface area contributed by atoms with Crippen molar-refractivity contribution in [2.75, 3.05) is 11.9 Å². The third-order valence-electron chi connectivity index (χ3n) is 3.29. The van der Waals surface area contributed by atoms with Gasteiger partial charge in [-0.1, -0.05) is 45.2 Å². The first kappa shape index (κ1) is 15.2. The van der Waals surface area contributed by atoms with Gasteiger partial charge in [0.1, 0.15) is 18.3 Å². The van der Waals surface area contributed by atoms with E-state index in [2.05, 4.69) is 26.0 Å². The molecular weight excluding hydrogens is 381 g/mol. The lowest BCUT2D eigenvalue weighted by atomic mass is 9.94. The van der Waals surface area contributed by atoms with E-state index in [4.69, 9.17) is 32.7 Å². The average Bonchev–Trinajstić information content (AvgIpc) is 3.09. The van der Waals surface area contributed by atoms with Gasteiger partial charge in [-0.05, 0) is 12.1 Å². The van der Waals surface area contributed by atoms with E-state index >= 15 is 0 Å². The van der Waals surface area contributed by atoms with Crippen LogP contribution in [0.15, 0.2) is 30.9 Å². The second kappa shape index (κ2) is 6.22. The number of ether oxygens (including phenoxy) is 2. The first-order valence-corrected chi connectivity index (χ1v) is 8.14. The van der Waals surface area contributed by atoms with Crippen LogP contribution in [-0.2, 0) is 21.6 Å². The standard InChI is InChI=1S/C13H12BrCl2N3O2/c14-4-12-20-6-13(21-12,5-19-8-17-7-18-19)10-2-1-9(15)3-11(10)16/h1-3,7-8,12H,4-6H2/t12-,13+/m0/s1. The monoisotopic (exact) mass is 391 g/mol. The predicted molar refractivity (Wildman–Crippen MR) is 82.8 cm³/mol. The minimum atomic E-state index is -0.714. The maximum absolute atomic E-state index is 6.35. The highest BCUT2D eigenvalue weighted by Gasteiger charge is 2.44. The van der Waals surface area contributed by atoms with Crippen molar-refractivity contribution >= 4 is 39.1 Å². The van der Waals surface area contributed by atoms with E-state index in [1.165, 1.54) is 6.33 Å². The van der Waals surface area contributed by atoms with E-state index in [1.54, 1.807) is 23.1 Å². The largest absolute Gasteiger partial charge is 0.348 e. The quantitative estimate of drug-likeness (QED) is 0.749. The smallest absolute Gasteiger partial charge is 0.168 e. The first-order chi connectivity index (χ1) is 10.1. The van der Waals surface area contributed by atoms with Crippen molar-refractivity contribution in [3.05, 3.63) is 46.5 Å². The molecule has 1 aromatic carbocycles. The molecule has 0 radical (unpaired) electrons. The van der Waals surface area contributed by atoms with Gasteiger partial charge >= 0.3 is 0 Å². The summed E-state index contributed by atoms with van der Waals surface area (Å²) in [5, 5.41) is 5.84. The molecule has 0 amide bonds. The van der Waals surface area contributed by atoms with Crippen molar-refractivity contribution in [3.8, 4) is 0 Å². The molecule has 3 rings (SSSR count). The van der Waals surface area contributed by atoms with Crippen molar-refractivity contribution < 1.29 is 9.47 Å². The van der Waals surface area contributed by atoms with Crippen molar-refractivity contribution in [1.29, 1.82) is 0 Å². The summed E-state index contributed by atoms with van der Waals surface area (Å²) in [5.74, 6) is 0. The van der Waals surface area contributed by atoms with Crippen LogP contribution in [0.4, 0.5) is 0 Å². The van der Waals surface area contributed by atoms with E-state index in [9.17, 15) is 0 Å². The third kappa shape index (κ3) is 3.10. The van der Waals surface area contributed by atoms with E-state index in [1.807, 2.05) is 6.07 Å². The molecule has 5 nitrogen and oxygen atoms in total. The van der Waals surface area contributed by atoms with E-state index < -0.39 is 5.60 Å². The van der Waals surface area contributed by atoms with Gasteiger partial charge in [0.2, 0.25) is 0 Å². The van der Waals surface area contributed by atoms with Gasteiger partial charge in [-0.25, -0.2) is 9.67 Å². The molecule has 1 aliphatic heterocycles. The summed E-state index contributed by atoms with van der Waals surface area (Å²) >= 11 is 15.7. The zero-order valence-corrected chi connectivity index (χ0v) is 14.0. The van der Waals surface area contributed by atoms with E-state index in [0.29, 0.717) is 28.5 Å². The van der Waals surface area contributed by atoms with Crippen LogP contribution in [0.3, 0.4) is 0 Å². The van der Waals surface area contributed by atoms with Crippen LogP contribution in [-0.4, -0.2) is 33.0 Å². The van der Waals surface area contributed by atoms with Gasteiger partial charge in [0.15, 0.2) is 6.29 Å². The fraction of sp³-hybridized carbons (Fsp3) is 0.385. The lowest BCUT2D eigenvalue weighted by Crippen LogP contribution is -2.35. The summed E-state index contributed by atoms with van der Waals surface area (Å²) in [4.78, 5) is 3.96. The van der Waals surface area contributed by atoms with Crippen LogP contribution < -0.4 is 0 Å². The lowest BCUT2D eigenvalue weighted by molar-refractivity contribution is -0.0830. The molecule has 0 spiro atoms. The summed E-state index contributed by atoms with van der Waals surface area (Å²) in [6.07, 6.45) is 2.78. The number of alkyl halides is 1. The molecule has 1 saturated heterocycles. The summed E-state index contributed by atoms with van der Waals surface area (Å²) in [6, 6.07) is 5.35. The van der Waals surface area contributed by atoms with Gasteiger partial charge < -0.3 is 9.47 Å². The summed E-state index contributed by atoms with van der Waals surface area (Å²) < 4.78 is 13.5. The highest BCUT2D eigenvalue weighted by molar-refractivity contribution is 9.09. The Morgan fingerprint density at radius 3 is 2.90 bits per heavy atom. The zero-order valence-electron chi connectivity index (χ0n) is 10.9. The third-order valence-corrected chi connectivity index (χ3v) is 4.37. The Labute approximate surface area is 140 Å². The second-order valence-corrected chi connectivity index (χ2v) is 6.22. The normalized spacial score (nSPS) is 25.4. The van der Waals surface area contributed by atoms with Gasteiger partial charge in [-0.15, -0.1) is 0 Å². The van der Waals surface area contributed by atoms with Gasteiger partial charge in [-0.3, -0.25) is 0 Å². The molecule has 2 aromatic rings. The van der Waals surface area contributed by atoms with E-state index in [0.717, 1.165) is 5.56 Å². The minimum Gasteiger partial charge on any atom is -0.348 e. The van der Waals surface area contributed by atoms with Crippen molar-refractivity contribution in [2.24, 2.45) is 0 Å². The molecule has 0 saturated carbocycles. The summed E-state index contributed by atoms with van der Waals surface area (Å²) in [7, 11) is 0. The van der Waals surface area contributed by atoms with Gasteiger partial charge in [0.05, 0.1) is 18.5 Å². The van der Waals surface area contributed by atoms with Gasteiger partial charge in [-0.2, -0.15) is 5.10 Å². The lowest BCUT2D eigenvalue weighted by Gasteiger charge is -2.28. The average molecular weight is 393 g/mol. The molecule has 1 aliphatic rings. The Hall–Kier alpha value is -0.660. The van der Waals surface area contributed by atoms with Crippen molar-refractivity contribution in [3.63, 3.8) is 0 Å². The number of hydrogen-bond donors (Lipinski definition) is 0. The number of halogens is 3. The molecule has 2 atom stereocenters. The van der Waals surface area contributed by atoms with Crippen LogP contribution in [0.1, 0.15) is 5.56 Å². The molecule has 0 bridgehead atoms. The molecule has 1 aromatic heterocycles. The van der Waals surface area contributed by atoms with Crippen LogP contribution in [0.25, 0.3) is 0 Å². The fourth-order valence-electron chi connectivity index (χ4n) is 2.37. The van der Waals surface area contributed by atoms with Crippen LogP contribution >= 0.6 is 39.1 Å². The topological polar surface area (TPSA) is 49.2 Å². The minimum absolute atomic E-state index is 0.333. The number of aromatic nitrogens is 3. The number of nitrogens with zero attached hydrogens (tertiary/aromatic N) is 3. The SMILES string of the molecule is Clc1ccc([C@@]2(Cn3cncn3)CO[C@H](CBr)O2)c(Cl)c1. The first-order valence-electron chi connectivity index (χ1n) is 6.26. The Morgan fingerprint density at radius 1 is 1.43 bits per heavy atom. The molecule has 1 fully saturated rings. The Kier molecular flexibility index (Phi) is 4.51. The fourth-order valence-corrected chi connectivity index (χ4v) is 3.27. The molecule has 0 N–H and O–H groups in total. The second-order valence-electron chi connectivity index (χ2n) is 4.72. The summed E-state index contributed by atoms with van der Waals surface area (Å²) in [5.41, 5.74) is 0.112. The van der Waals surface area contributed by atoms with Crippen LogP contribution in [0, 0.1) is 0 Å². The number of rotatable bonds is 4. The number of benzene rings is 1. The molecule has 112 valence electrons. The molecular formula is C13H12BrCl2N3O2. The highest BCUT2D eigenvalue weighted by atomic mass is 79.9. The Balaban J connectivity index is 1.99. The summed E-state index contributed by atoms with van der Waals surface area (Å²) in [6.45, 7) is 0.836. The Bertz CT molecular complexity index is 626. The predicted octanol–water partition coefficient (Wildman–Crippen LogP) is 3.25. The number of hydrogen-bond acceptors (Lipinski definition) is 4.